The van der Waals surface area contributed by atoms with Crippen LogP contribution in [0.15, 0.2) is 30.3 Å². The Bertz CT molecular complexity index is 1650. The van der Waals surface area contributed by atoms with Crippen LogP contribution < -0.4 is 16.0 Å². The molecule has 0 spiro atoms. The fourth-order valence-electron chi connectivity index (χ4n) is 8.73. The highest BCUT2D eigenvalue weighted by Crippen LogP contribution is 2.52. The normalized spacial score (nSPS) is 22.1. The predicted octanol–water partition coefficient (Wildman–Crippen LogP) is 4.53. The SMILES string of the molecule is CCOC(=O)[C@]1(NC(=O)[C@H](C)[C@@H](OC)[C@@H]2CCCN2C(=O)C[C@@H](OC)[C@H]([C@@H](C)CC)N(C)[C@H](C(=O)NC(=O)[C@@H](NC)C(C)C)C(C)C)C[C@@H]1c1ccccc1.O=C(O)C(F)(F)F. The van der Waals surface area contributed by atoms with Crippen molar-refractivity contribution >= 4 is 35.6 Å². The number of ether oxygens (including phenoxy) is 3. The summed E-state index contributed by atoms with van der Waals surface area (Å²) in [6, 6.07) is 7.73. The molecular formula is C44H70F3N5O10. The number of likely N-dealkylation sites (tertiary alicyclic amines) is 1. The van der Waals surface area contributed by atoms with Gasteiger partial charge in [0.15, 0.2) is 0 Å². The number of nitrogens with one attached hydrogen (secondary N) is 3. The maximum Gasteiger partial charge on any atom is 0.490 e. The highest BCUT2D eigenvalue weighted by atomic mass is 19.4. The zero-order valence-corrected chi connectivity index (χ0v) is 38.3. The molecule has 18 heteroatoms. The molecule has 2 aliphatic rings. The van der Waals surface area contributed by atoms with Gasteiger partial charge in [0.1, 0.15) is 5.54 Å². The van der Waals surface area contributed by atoms with Gasteiger partial charge in [-0.1, -0.05) is 85.2 Å². The molecule has 1 heterocycles. The zero-order valence-electron chi connectivity index (χ0n) is 38.3. The molecule has 1 aliphatic heterocycles. The van der Waals surface area contributed by atoms with Gasteiger partial charge in [-0.15, -0.1) is 0 Å². The van der Waals surface area contributed by atoms with E-state index in [1.807, 2.05) is 70.0 Å². The van der Waals surface area contributed by atoms with E-state index < -0.39 is 59.8 Å². The Hall–Kier alpha value is -4.13. The second-order valence-corrected chi connectivity index (χ2v) is 17.0. The van der Waals surface area contributed by atoms with E-state index in [0.29, 0.717) is 19.4 Å². The lowest BCUT2D eigenvalue weighted by molar-refractivity contribution is -0.192. The van der Waals surface area contributed by atoms with Crippen molar-refractivity contribution in [3.05, 3.63) is 35.9 Å². The van der Waals surface area contributed by atoms with E-state index in [9.17, 15) is 37.1 Å². The number of nitrogens with zero attached hydrogens (tertiary/aromatic N) is 2. The van der Waals surface area contributed by atoms with Crippen molar-refractivity contribution in [3.8, 4) is 0 Å². The summed E-state index contributed by atoms with van der Waals surface area (Å²) in [5, 5.41) is 15.8. The largest absolute Gasteiger partial charge is 0.490 e. The number of carbonyl (C=O) groups excluding carboxylic acids is 5. The minimum atomic E-state index is -5.08. The predicted molar refractivity (Wildman–Crippen MR) is 226 cm³/mol. The van der Waals surface area contributed by atoms with Crippen LogP contribution in [0.5, 0.6) is 0 Å². The van der Waals surface area contributed by atoms with E-state index in [2.05, 4.69) is 29.8 Å². The lowest BCUT2D eigenvalue weighted by atomic mass is 9.87. The summed E-state index contributed by atoms with van der Waals surface area (Å²) >= 11 is 0. The summed E-state index contributed by atoms with van der Waals surface area (Å²) in [5.41, 5.74) is -0.202. The lowest BCUT2D eigenvalue weighted by Gasteiger charge is -2.43. The minimum absolute atomic E-state index is 0.0132. The van der Waals surface area contributed by atoms with Gasteiger partial charge in [0.2, 0.25) is 23.6 Å². The Morgan fingerprint density at radius 3 is 2.00 bits per heavy atom. The van der Waals surface area contributed by atoms with E-state index in [1.165, 1.54) is 0 Å². The summed E-state index contributed by atoms with van der Waals surface area (Å²) in [7, 11) is 6.70. The maximum absolute atomic E-state index is 14.3. The third kappa shape index (κ3) is 13.7. The molecule has 10 atom stereocenters. The highest BCUT2D eigenvalue weighted by molar-refractivity contribution is 6.00. The highest BCUT2D eigenvalue weighted by Gasteiger charge is 2.63. The number of hydrogen-bond donors (Lipinski definition) is 4. The van der Waals surface area contributed by atoms with Gasteiger partial charge in [-0.3, -0.25) is 29.4 Å². The van der Waals surface area contributed by atoms with Crippen LogP contribution >= 0.6 is 0 Å². The molecule has 0 aromatic heterocycles. The molecule has 0 bridgehead atoms. The average Bonchev–Trinajstić information content (AvgIpc) is 3.73. The van der Waals surface area contributed by atoms with Crippen molar-refractivity contribution in [2.75, 3.05) is 41.5 Å². The number of aliphatic carboxylic acids is 1. The molecule has 3 rings (SSSR count). The molecule has 1 aliphatic carbocycles. The standard InChI is InChI=1S/C42H69N5O8.C2HF3O2/c1-13-27(7)36(46(10)35(26(5)6)40(51)44-39(50)34(43-9)25(3)4)32(53-11)23-33(48)47-22-18-21-31(47)37(54-12)28(8)38(49)45-42(41(52)55-14-2)24-30(42)29-19-16-15-17-20-29;3-2(4,5)1(6)7/h15-17,19-20,25-28,30-32,34-37,43H,13-14,18,21-24H2,1-12H3,(H,45,49)(H,44,50,51);(H,6,7)/t27-,28+,30+,31-,32+,34-,35-,36-,37+,42-;/m0./s1. The molecule has 1 saturated heterocycles. The van der Waals surface area contributed by atoms with Gasteiger partial charge < -0.3 is 34.9 Å². The Morgan fingerprint density at radius 2 is 1.53 bits per heavy atom. The lowest BCUT2D eigenvalue weighted by Crippen LogP contribution is -2.60. The van der Waals surface area contributed by atoms with E-state index in [4.69, 9.17) is 24.1 Å². The van der Waals surface area contributed by atoms with Gasteiger partial charge in [-0.2, -0.15) is 13.2 Å². The van der Waals surface area contributed by atoms with Gasteiger partial charge in [0.05, 0.1) is 49.3 Å². The smallest absolute Gasteiger partial charge is 0.475 e. The summed E-state index contributed by atoms with van der Waals surface area (Å²) in [6.07, 6.45) is -3.64. The van der Waals surface area contributed by atoms with E-state index >= 15 is 0 Å². The van der Waals surface area contributed by atoms with Gasteiger partial charge in [-0.05, 0) is 63.6 Å². The Labute approximate surface area is 364 Å². The van der Waals surface area contributed by atoms with Crippen LogP contribution in [0.4, 0.5) is 13.2 Å². The number of likely N-dealkylation sites (N-methyl/N-ethyl adjacent to an activating group) is 2. The third-order valence-corrected chi connectivity index (χ3v) is 12.2. The van der Waals surface area contributed by atoms with E-state index in [1.54, 1.807) is 40.0 Å². The van der Waals surface area contributed by atoms with Crippen molar-refractivity contribution in [2.45, 2.75) is 142 Å². The first-order chi connectivity index (χ1) is 29.0. The van der Waals surface area contributed by atoms with Crippen LogP contribution in [0.3, 0.4) is 0 Å². The number of methoxy groups -OCH3 is 2. The number of rotatable bonds is 21. The quantitative estimate of drug-likeness (QED) is 0.126. The van der Waals surface area contributed by atoms with Crippen molar-refractivity contribution in [1.29, 1.82) is 0 Å². The average molecular weight is 886 g/mol. The van der Waals surface area contributed by atoms with Crippen molar-refractivity contribution in [1.82, 2.24) is 25.8 Å². The van der Waals surface area contributed by atoms with Crippen LogP contribution in [0, 0.1) is 23.7 Å². The molecule has 1 saturated carbocycles. The molecule has 352 valence electrons. The Balaban J connectivity index is 0.00000173. The van der Waals surface area contributed by atoms with Gasteiger partial charge in [0.25, 0.3) is 0 Å². The number of alkyl halides is 3. The van der Waals surface area contributed by atoms with Gasteiger partial charge in [0, 0.05) is 32.7 Å². The van der Waals surface area contributed by atoms with E-state index in [-0.39, 0.29) is 66.5 Å². The summed E-state index contributed by atoms with van der Waals surface area (Å²) < 4.78 is 49.2. The number of benzene rings is 1. The van der Waals surface area contributed by atoms with Crippen molar-refractivity contribution in [3.63, 3.8) is 0 Å². The van der Waals surface area contributed by atoms with Gasteiger partial charge >= 0.3 is 18.1 Å². The summed E-state index contributed by atoms with van der Waals surface area (Å²) in [6.45, 7) is 16.1. The van der Waals surface area contributed by atoms with E-state index in [0.717, 1.165) is 18.4 Å². The van der Waals surface area contributed by atoms with Crippen molar-refractivity contribution < 1.29 is 61.3 Å². The molecule has 0 radical (unpaired) electrons. The Morgan fingerprint density at radius 1 is 0.935 bits per heavy atom. The second kappa shape index (κ2) is 24.1. The number of amides is 4. The maximum atomic E-state index is 14.3. The van der Waals surface area contributed by atoms with Gasteiger partial charge in [-0.25, -0.2) is 9.59 Å². The monoisotopic (exact) mass is 886 g/mol. The topological polar surface area (TPSA) is 193 Å². The molecule has 15 nitrogen and oxygen atoms in total. The number of esters is 1. The van der Waals surface area contributed by atoms with Crippen LogP contribution in [-0.2, 0) is 43.0 Å². The second-order valence-electron chi connectivity index (χ2n) is 17.0. The van der Waals surface area contributed by atoms with Crippen LogP contribution in [-0.4, -0.2) is 140 Å². The fourth-order valence-corrected chi connectivity index (χ4v) is 8.73. The first kappa shape index (κ1) is 54.0. The molecule has 62 heavy (non-hydrogen) atoms. The number of carboxylic acid groups (broad SMARTS) is 1. The molecule has 1 aromatic rings. The van der Waals surface area contributed by atoms with Crippen LogP contribution in [0.2, 0.25) is 0 Å². The zero-order chi connectivity index (χ0) is 47.3. The molecule has 4 amide bonds. The molecule has 4 N–H and O–H groups in total. The Kier molecular flexibility index (Phi) is 21.0. The van der Waals surface area contributed by atoms with Crippen LogP contribution in [0.1, 0.15) is 99.0 Å². The number of carboxylic acids is 1. The molecule has 1 aromatic carbocycles. The number of imide groups is 1. The molecule has 0 unspecified atom stereocenters. The number of carbonyl (C=O) groups is 6. The van der Waals surface area contributed by atoms with Crippen molar-refractivity contribution in [2.24, 2.45) is 23.7 Å². The van der Waals surface area contributed by atoms with Crippen LogP contribution in [0.25, 0.3) is 0 Å². The first-order valence-electron chi connectivity index (χ1n) is 21.4. The third-order valence-electron chi connectivity index (χ3n) is 12.2. The number of halogens is 3. The minimum Gasteiger partial charge on any atom is -0.475 e. The fraction of sp³-hybridized carbons (Fsp3) is 0.727. The molecular weight excluding hydrogens is 816 g/mol. The number of hydrogen-bond acceptors (Lipinski definition) is 11. The molecule has 2 fully saturated rings. The summed E-state index contributed by atoms with van der Waals surface area (Å²) in [4.78, 5) is 81.0. The summed E-state index contributed by atoms with van der Waals surface area (Å²) in [5.74, 6) is -5.46. The first-order valence-corrected chi connectivity index (χ1v) is 21.4.